The maximum absolute atomic E-state index is 12.6. The average molecular weight is 277 g/mol. The van der Waals surface area contributed by atoms with Gasteiger partial charge in [0.25, 0.3) is 0 Å². The molecule has 5 fully saturated rings. The molecule has 0 spiro atoms. The quantitative estimate of drug-likeness (QED) is 0.829. The van der Waals surface area contributed by atoms with Crippen LogP contribution in [0.25, 0.3) is 0 Å². The van der Waals surface area contributed by atoms with Crippen LogP contribution in [0, 0.1) is 35.5 Å². The van der Waals surface area contributed by atoms with Gasteiger partial charge in [-0.05, 0) is 68.6 Å². The molecule has 0 aromatic heterocycles. The standard InChI is InChI=1S/C16H23NO3/c18-15(17-13-6-12(7-13)16(19)20)14-10-2-8-1-9(4-10)5-11(14)3-8/h8-14H,1-7H2,(H,17,18)(H,19,20). The molecule has 5 aliphatic rings. The van der Waals surface area contributed by atoms with Gasteiger partial charge in [0.1, 0.15) is 0 Å². The van der Waals surface area contributed by atoms with Crippen molar-refractivity contribution in [3.05, 3.63) is 0 Å². The van der Waals surface area contributed by atoms with E-state index in [0.717, 1.165) is 11.8 Å². The number of carbonyl (C=O) groups excluding carboxylic acids is 1. The molecule has 2 N–H and O–H groups in total. The van der Waals surface area contributed by atoms with Crippen molar-refractivity contribution in [1.29, 1.82) is 0 Å². The van der Waals surface area contributed by atoms with Crippen LogP contribution in [0.5, 0.6) is 0 Å². The van der Waals surface area contributed by atoms with Crippen LogP contribution in [0.4, 0.5) is 0 Å². The molecule has 0 atom stereocenters. The molecule has 0 radical (unpaired) electrons. The molecule has 5 saturated carbocycles. The van der Waals surface area contributed by atoms with Crippen molar-refractivity contribution in [1.82, 2.24) is 5.32 Å². The van der Waals surface area contributed by atoms with Crippen molar-refractivity contribution >= 4 is 11.9 Å². The van der Waals surface area contributed by atoms with E-state index in [1.165, 1.54) is 32.1 Å². The predicted octanol–water partition coefficient (Wildman–Crippen LogP) is 2.04. The fraction of sp³-hybridized carbons (Fsp3) is 0.875. The number of nitrogens with one attached hydrogen (secondary N) is 1. The lowest BCUT2D eigenvalue weighted by atomic mass is 9.51. The van der Waals surface area contributed by atoms with Gasteiger partial charge < -0.3 is 10.4 Å². The third-order valence-corrected chi connectivity index (χ3v) is 6.36. The fourth-order valence-corrected chi connectivity index (χ4v) is 5.59. The van der Waals surface area contributed by atoms with Crippen molar-refractivity contribution in [2.45, 2.75) is 51.0 Å². The average Bonchev–Trinajstić information content (AvgIpc) is 2.31. The summed E-state index contributed by atoms with van der Waals surface area (Å²) in [4.78, 5) is 23.4. The molecule has 4 heteroatoms. The van der Waals surface area contributed by atoms with Gasteiger partial charge in [0.2, 0.25) is 5.91 Å². The van der Waals surface area contributed by atoms with E-state index in [9.17, 15) is 9.59 Å². The first-order valence-corrected chi connectivity index (χ1v) is 8.13. The number of rotatable bonds is 3. The van der Waals surface area contributed by atoms with Crippen molar-refractivity contribution in [2.75, 3.05) is 0 Å². The second kappa shape index (κ2) is 4.47. The summed E-state index contributed by atoms with van der Waals surface area (Å²) in [7, 11) is 0. The summed E-state index contributed by atoms with van der Waals surface area (Å²) >= 11 is 0. The van der Waals surface area contributed by atoms with Gasteiger partial charge in [-0.3, -0.25) is 9.59 Å². The minimum absolute atomic E-state index is 0.112. The Morgan fingerprint density at radius 2 is 1.40 bits per heavy atom. The number of hydrogen-bond acceptors (Lipinski definition) is 2. The van der Waals surface area contributed by atoms with Crippen molar-refractivity contribution in [2.24, 2.45) is 35.5 Å². The van der Waals surface area contributed by atoms with Crippen LogP contribution in [-0.4, -0.2) is 23.0 Å². The summed E-state index contributed by atoms with van der Waals surface area (Å²) in [5.41, 5.74) is 0. The van der Waals surface area contributed by atoms with Crippen molar-refractivity contribution in [3.63, 3.8) is 0 Å². The van der Waals surface area contributed by atoms with E-state index < -0.39 is 5.97 Å². The Morgan fingerprint density at radius 1 is 0.850 bits per heavy atom. The van der Waals surface area contributed by atoms with Crippen LogP contribution in [-0.2, 0) is 9.59 Å². The molecular formula is C16H23NO3. The number of amides is 1. The van der Waals surface area contributed by atoms with E-state index in [-0.39, 0.29) is 23.8 Å². The van der Waals surface area contributed by atoms with Gasteiger partial charge in [-0.1, -0.05) is 0 Å². The number of carboxylic acid groups (broad SMARTS) is 1. The second-order valence-corrected chi connectivity index (χ2v) is 7.67. The van der Waals surface area contributed by atoms with E-state index in [1.54, 1.807) is 0 Å². The van der Waals surface area contributed by atoms with Gasteiger partial charge in [-0.2, -0.15) is 0 Å². The maximum atomic E-state index is 12.6. The summed E-state index contributed by atoms with van der Waals surface area (Å²) in [6, 6.07) is 0.112. The molecule has 5 aliphatic carbocycles. The van der Waals surface area contributed by atoms with Gasteiger partial charge >= 0.3 is 5.97 Å². The molecule has 110 valence electrons. The van der Waals surface area contributed by atoms with E-state index in [0.29, 0.717) is 24.7 Å². The summed E-state index contributed by atoms with van der Waals surface area (Å²) in [6.07, 6.45) is 7.68. The van der Waals surface area contributed by atoms with Gasteiger partial charge in [0, 0.05) is 12.0 Å². The summed E-state index contributed by atoms with van der Waals surface area (Å²) in [5.74, 6) is 2.51. The van der Waals surface area contributed by atoms with E-state index >= 15 is 0 Å². The van der Waals surface area contributed by atoms with Gasteiger partial charge in [0.05, 0.1) is 5.92 Å². The Hall–Kier alpha value is -1.06. The molecule has 5 rings (SSSR count). The van der Waals surface area contributed by atoms with Crippen LogP contribution in [0.1, 0.15) is 44.9 Å². The Kier molecular flexibility index (Phi) is 2.83. The van der Waals surface area contributed by atoms with E-state index in [1.807, 2.05) is 0 Å². The molecule has 0 aromatic carbocycles. The Labute approximate surface area is 119 Å². The first kappa shape index (κ1) is 12.7. The highest BCUT2D eigenvalue weighted by Gasteiger charge is 2.51. The third kappa shape index (κ3) is 1.95. The Balaban J connectivity index is 1.36. The molecular weight excluding hydrogens is 254 g/mol. The zero-order valence-electron chi connectivity index (χ0n) is 11.8. The van der Waals surface area contributed by atoms with E-state index in [2.05, 4.69) is 5.32 Å². The largest absolute Gasteiger partial charge is 0.481 e. The smallest absolute Gasteiger partial charge is 0.306 e. The topological polar surface area (TPSA) is 66.4 Å². The van der Waals surface area contributed by atoms with Crippen LogP contribution in [0.2, 0.25) is 0 Å². The van der Waals surface area contributed by atoms with Gasteiger partial charge in [-0.25, -0.2) is 0 Å². The van der Waals surface area contributed by atoms with Crippen molar-refractivity contribution < 1.29 is 14.7 Å². The third-order valence-electron chi connectivity index (χ3n) is 6.36. The normalized spacial score (nSPS) is 48.7. The highest BCUT2D eigenvalue weighted by molar-refractivity contribution is 5.80. The number of aliphatic carboxylic acids is 1. The highest BCUT2D eigenvalue weighted by atomic mass is 16.4. The zero-order chi connectivity index (χ0) is 13.9. The van der Waals surface area contributed by atoms with Crippen LogP contribution < -0.4 is 5.32 Å². The molecule has 1 amide bonds. The first-order chi connectivity index (χ1) is 9.60. The maximum Gasteiger partial charge on any atom is 0.306 e. The highest BCUT2D eigenvalue weighted by Crippen LogP contribution is 2.56. The van der Waals surface area contributed by atoms with Gasteiger partial charge in [0.15, 0.2) is 0 Å². The molecule has 4 nitrogen and oxygen atoms in total. The second-order valence-electron chi connectivity index (χ2n) is 7.67. The molecule has 4 bridgehead atoms. The summed E-state index contributed by atoms with van der Waals surface area (Å²) in [6.45, 7) is 0. The number of carbonyl (C=O) groups is 2. The number of carboxylic acids is 1. The van der Waals surface area contributed by atoms with Crippen LogP contribution >= 0.6 is 0 Å². The molecule has 0 unspecified atom stereocenters. The molecule has 0 aromatic rings. The monoisotopic (exact) mass is 277 g/mol. The molecule has 20 heavy (non-hydrogen) atoms. The molecule has 0 aliphatic heterocycles. The SMILES string of the molecule is O=C(O)C1CC(NC(=O)C2C3CC4CC(C3)CC2C4)C1. The lowest BCUT2D eigenvalue weighted by molar-refractivity contribution is -0.148. The number of hydrogen-bond donors (Lipinski definition) is 2. The lowest BCUT2D eigenvalue weighted by Gasteiger charge is -2.54. The Bertz CT molecular complexity index is 413. The zero-order valence-corrected chi connectivity index (χ0v) is 11.8. The molecule has 0 saturated heterocycles. The van der Waals surface area contributed by atoms with Gasteiger partial charge in [-0.15, -0.1) is 0 Å². The van der Waals surface area contributed by atoms with Crippen molar-refractivity contribution in [3.8, 4) is 0 Å². The summed E-state index contributed by atoms with van der Waals surface area (Å²) in [5, 5.41) is 12.0. The summed E-state index contributed by atoms with van der Waals surface area (Å²) < 4.78 is 0. The minimum atomic E-state index is -0.717. The minimum Gasteiger partial charge on any atom is -0.481 e. The van der Waals surface area contributed by atoms with E-state index in [4.69, 9.17) is 5.11 Å². The first-order valence-electron chi connectivity index (χ1n) is 8.13. The van der Waals surface area contributed by atoms with Crippen LogP contribution in [0.15, 0.2) is 0 Å². The predicted molar refractivity (Wildman–Crippen MR) is 72.8 cm³/mol. The molecule has 0 heterocycles. The van der Waals surface area contributed by atoms with Crippen LogP contribution in [0.3, 0.4) is 0 Å². The Morgan fingerprint density at radius 3 is 1.90 bits per heavy atom. The fourth-order valence-electron chi connectivity index (χ4n) is 5.59. The lowest BCUT2D eigenvalue weighted by Crippen LogP contribution is -2.55.